The Hall–Kier alpha value is -3.08. The summed E-state index contributed by atoms with van der Waals surface area (Å²) in [6.45, 7) is 4.23. The predicted octanol–water partition coefficient (Wildman–Crippen LogP) is 3.66. The Morgan fingerprint density at radius 3 is 2.62 bits per heavy atom. The largest absolute Gasteiger partial charge is 0.495 e. The van der Waals surface area contributed by atoms with Crippen molar-refractivity contribution in [2.75, 3.05) is 12.4 Å². The van der Waals surface area contributed by atoms with Gasteiger partial charge < -0.3 is 14.6 Å². The zero-order chi connectivity index (χ0) is 18.7. The van der Waals surface area contributed by atoms with Gasteiger partial charge in [0.15, 0.2) is 0 Å². The third-order valence-corrected chi connectivity index (χ3v) is 4.48. The van der Waals surface area contributed by atoms with Crippen molar-refractivity contribution in [3.8, 4) is 5.75 Å². The molecule has 1 N–H and O–H groups in total. The molecule has 0 radical (unpaired) electrons. The fourth-order valence-corrected chi connectivity index (χ4v) is 3.18. The van der Waals surface area contributed by atoms with E-state index in [0.29, 0.717) is 18.0 Å². The van der Waals surface area contributed by atoms with Crippen LogP contribution in [0.4, 0.5) is 5.69 Å². The van der Waals surface area contributed by atoms with Gasteiger partial charge in [-0.05, 0) is 37.1 Å². The topological polar surface area (TPSA) is 60.3 Å². The average molecular weight is 350 g/mol. The molecule has 5 nitrogen and oxygen atoms in total. The van der Waals surface area contributed by atoms with Gasteiger partial charge in [0.05, 0.1) is 18.3 Å². The molecule has 0 atom stereocenters. The van der Waals surface area contributed by atoms with Crippen LogP contribution in [-0.2, 0) is 11.3 Å². The van der Waals surface area contributed by atoms with E-state index in [9.17, 15) is 9.59 Å². The van der Waals surface area contributed by atoms with Crippen molar-refractivity contribution in [3.05, 3.63) is 70.0 Å². The average Bonchev–Trinajstić information content (AvgIpc) is 2.62. The van der Waals surface area contributed by atoms with E-state index in [0.717, 1.165) is 22.0 Å². The van der Waals surface area contributed by atoms with Gasteiger partial charge >= 0.3 is 0 Å². The third kappa shape index (κ3) is 3.47. The number of nitrogens with one attached hydrogen (secondary N) is 1. The highest BCUT2D eigenvalue weighted by Gasteiger charge is 2.11. The van der Waals surface area contributed by atoms with Gasteiger partial charge in [-0.1, -0.05) is 30.3 Å². The van der Waals surface area contributed by atoms with E-state index < -0.39 is 0 Å². The Labute approximate surface area is 152 Å². The van der Waals surface area contributed by atoms with Gasteiger partial charge in [-0.3, -0.25) is 9.59 Å². The number of hydrogen-bond acceptors (Lipinski definition) is 3. The SMILES string of the molecule is COc1ccccc1NC(=O)CCn1c(=O)cc(C)c2cccc(C)c21. The second kappa shape index (κ2) is 7.44. The molecule has 1 amide bonds. The van der Waals surface area contributed by atoms with Gasteiger partial charge in [-0.2, -0.15) is 0 Å². The summed E-state index contributed by atoms with van der Waals surface area (Å²) in [6, 6.07) is 14.8. The maximum Gasteiger partial charge on any atom is 0.251 e. The summed E-state index contributed by atoms with van der Waals surface area (Å²) in [6.07, 6.45) is 0.199. The molecular weight excluding hydrogens is 328 g/mol. The summed E-state index contributed by atoms with van der Waals surface area (Å²) in [5, 5.41) is 3.88. The molecular formula is C21H22N2O3. The van der Waals surface area contributed by atoms with Gasteiger partial charge in [-0.25, -0.2) is 0 Å². The number of para-hydroxylation sites is 3. The molecule has 0 saturated heterocycles. The third-order valence-electron chi connectivity index (χ3n) is 4.48. The normalized spacial score (nSPS) is 10.7. The number of amides is 1. The van der Waals surface area contributed by atoms with E-state index in [4.69, 9.17) is 4.74 Å². The number of rotatable bonds is 5. The van der Waals surface area contributed by atoms with Crippen molar-refractivity contribution in [1.29, 1.82) is 0 Å². The van der Waals surface area contributed by atoms with E-state index in [-0.39, 0.29) is 17.9 Å². The van der Waals surface area contributed by atoms with Crippen molar-refractivity contribution >= 4 is 22.5 Å². The number of carbonyl (C=O) groups excluding carboxylic acids is 1. The van der Waals surface area contributed by atoms with E-state index in [2.05, 4.69) is 5.32 Å². The van der Waals surface area contributed by atoms with Gasteiger partial charge in [0, 0.05) is 24.4 Å². The monoisotopic (exact) mass is 350 g/mol. The van der Waals surface area contributed by atoms with Crippen LogP contribution in [0.2, 0.25) is 0 Å². The van der Waals surface area contributed by atoms with Crippen LogP contribution in [0.15, 0.2) is 53.3 Å². The van der Waals surface area contributed by atoms with Crippen molar-refractivity contribution in [1.82, 2.24) is 4.57 Å². The van der Waals surface area contributed by atoms with Crippen LogP contribution in [-0.4, -0.2) is 17.6 Å². The maximum absolute atomic E-state index is 12.5. The molecule has 1 heterocycles. The fraction of sp³-hybridized carbons (Fsp3) is 0.238. The molecule has 0 spiro atoms. The molecule has 3 rings (SSSR count). The lowest BCUT2D eigenvalue weighted by atomic mass is 10.1. The highest BCUT2D eigenvalue weighted by molar-refractivity contribution is 5.92. The summed E-state index contributed by atoms with van der Waals surface area (Å²) in [4.78, 5) is 24.9. The number of nitrogens with zero attached hydrogens (tertiary/aromatic N) is 1. The molecule has 5 heteroatoms. The number of aromatic nitrogens is 1. The molecule has 1 aromatic heterocycles. The Bertz CT molecular complexity index is 1020. The van der Waals surface area contributed by atoms with Crippen LogP contribution >= 0.6 is 0 Å². The second-order valence-corrected chi connectivity index (χ2v) is 6.29. The van der Waals surface area contributed by atoms with E-state index >= 15 is 0 Å². The van der Waals surface area contributed by atoms with Crippen LogP contribution < -0.4 is 15.6 Å². The summed E-state index contributed by atoms with van der Waals surface area (Å²) in [5.41, 5.74) is 3.39. The molecule has 0 aliphatic heterocycles. The highest BCUT2D eigenvalue weighted by Crippen LogP contribution is 2.23. The number of aryl methyl sites for hydroxylation is 3. The highest BCUT2D eigenvalue weighted by atomic mass is 16.5. The van der Waals surface area contributed by atoms with E-state index in [1.165, 1.54) is 0 Å². The summed E-state index contributed by atoms with van der Waals surface area (Å²) >= 11 is 0. The number of pyridine rings is 1. The molecule has 3 aromatic rings. The summed E-state index contributed by atoms with van der Waals surface area (Å²) in [7, 11) is 1.56. The first-order valence-electron chi connectivity index (χ1n) is 8.54. The number of fused-ring (bicyclic) bond motifs is 1. The lowest BCUT2D eigenvalue weighted by molar-refractivity contribution is -0.116. The van der Waals surface area contributed by atoms with Crippen LogP contribution in [0.25, 0.3) is 10.9 Å². The molecule has 0 fully saturated rings. The Morgan fingerprint density at radius 1 is 1.08 bits per heavy atom. The molecule has 0 aliphatic carbocycles. The van der Waals surface area contributed by atoms with Gasteiger partial charge in [-0.15, -0.1) is 0 Å². The quantitative estimate of drug-likeness (QED) is 0.764. The second-order valence-electron chi connectivity index (χ2n) is 6.29. The zero-order valence-electron chi connectivity index (χ0n) is 15.2. The summed E-state index contributed by atoms with van der Waals surface area (Å²) < 4.78 is 6.92. The Balaban J connectivity index is 1.84. The van der Waals surface area contributed by atoms with Crippen molar-refractivity contribution in [3.63, 3.8) is 0 Å². The number of carbonyl (C=O) groups is 1. The van der Waals surface area contributed by atoms with Crippen LogP contribution in [0.3, 0.4) is 0 Å². The first kappa shape index (κ1) is 17.7. The van der Waals surface area contributed by atoms with Crippen LogP contribution in [0.5, 0.6) is 5.75 Å². The number of benzene rings is 2. The molecule has 134 valence electrons. The standard InChI is InChI=1S/C21H22N2O3/c1-14-7-6-8-16-15(2)13-20(25)23(21(14)16)12-11-19(24)22-17-9-4-5-10-18(17)26-3/h4-10,13H,11-12H2,1-3H3,(H,22,24). The van der Waals surface area contributed by atoms with Crippen LogP contribution in [0.1, 0.15) is 17.5 Å². The number of methoxy groups -OCH3 is 1. The lowest BCUT2D eigenvalue weighted by Gasteiger charge is -2.14. The van der Waals surface area contributed by atoms with E-state index in [1.807, 2.05) is 44.2 Å². The van der Waals surface area contributed by atoms with Gasteiger partial charge in [0.2, 0.25) is 5.91 Å². The van der Waals surface area contributed by atoms with Crippen molar-refractivity contribution < 1.29 is 9.53 Å². The molecule has 0 unspecified atom stereocenters. The minimum Gasteiger partial charge on any atom is -0.495 e. The molecule has 0 saturated carbocycles. The van der Waals surface area contributed by atoms with Crippen LogP contribution in [0, 0.1) is 13.8 Å². The molecule has 26 heavy (non-hydrogen) atoms. The minimum absolute atomic E-state index is 0.0885. The molecule has 2 aromatic carbocycles. The van der Waals surface area contributed by atoms with E-state index in [1.54, 1.807) is 29.9 Å². The first-order chi connectivity index (χ1) is 12.5. The first-order valence-corrected chi connectivity index (χ1v) is 8.54. The zero-order valence-corrected chi connectivity index (χ0v) is 15.2. The molecule has 0 aliphatic rings. The van der Waals surface area contributed by atoms with Gasteiger partial charge in [0.25, 0.3) is 5.56 Å². The minimum atomic E-state index is -0.163. The fourth-order valence-electron chi connectivity index (χ4n) is 3.18. The molecule has 0 bridgehead atoms. The maximum atomic E-state index is 12.5. The number of hydrogen-bond donors (Lipinski definition) is 1. The Morgan fingerprint density at radius 2 is 1.85 bits per heavy atom. The van der Waals surface area contributed by atoms with Crippen molar-refractivity contribution in [2.45, 2.75) is 26.8 Å². The lowest BCUT2D eigenvalue weighted by Crippen LogP contribution is -2.24. The van der Waals surface area contributed by atoms with Gasteiger partial charge in [0.1, 0.15) is 5.75 Å². The summed E-state index contributed by atoms with van der Waals surface area (Å²) in [5.74, 6) is 0.443. The number of anilines is 1. The predicted molar refractivity (Wildman–Crippen MR) is 104 cm³/mol. The number of ether oxygens (including phenoxy) is 1. The Kier molecular flexibility index (Phi) is 5.07. The smallest absolute Gasteiger partial charge is 0.251 e. The van der Waals surface area contributed by atoms with Crippen molar-refractivity contribution in [2.24, 2.45) is 0 Å².